The lowest BCUT2D eigenvalue weighted by Crippen LogP contribution is -2.17. The number of halogens is 2. The van der Waals surface area contributed by atoms with E-state index in [0.29, 0.717) is 21.4 Å². The monoisotopic (exact) mass is 322 g/mol. The molecule has 0 aliphatic rings. The maximum absolute atomic E-state index is 11.8. The molecule has 0 saturated heterocycles. The third-order valence-electron chi connectivity index (χ3n) is 2.68. The minimum Gasteiger partial charge on any atom is -0.497 e. The van der Waals surface area contributed by atoms with Crippen molar-refractivity contribution >= 4 is 35.3 Å². The lowest BCUT2D eigenvalue weighted by Gasteiger charge is -2.02. The molecule has 0 spiro atoms. The van der Waals surface area contributed by atoms with Crippen LogP contribution in [-0.4, -0.2) is 19.2 Å². The molecule has 21 heavy (non-hydrogen) atoms. The topological polar surface area (TPSA) is 50.7 Å². The van der Waals surface area contributed by atoms with Gasteiger partial charge in [-0.2, -0.15) is 5.10 Å². The second-order valence-corrected chi connectivity index (χ2v) is 4.92. The fourth-order valence-electron chi connectivity index (χ4n) is 1.57. The Labute approximate surface area is 132 Å². The van der Waals surface area contributed by atoms with Crippen LogP contribution >= 0.6 is 23.2 Å². The maximum Gasteiger partial charge on any atom is 0.271 e. The van der Waals surface area contributed by atoms with Crippen molar-refractivity contribution in [1.29, 1.82) is 0 Å². The first-order chi connectivity index (χ1) is 10.1. The van der Waals surface area contributed by atoms with Crippen molar-refractivity contribution in [3.05, 3.63) is 63.6 Å². The van der Waals surface area contributed by atoms with E-state index in [4.69, 9.17) is 27.9 Å². The molecule has 0 bridgehead atoms. The molecule has 0 heterocycles. The summed E-state index contributed by atoms with van der Waals surface area (Å²) in [6.45, 7) is 0. The fraction of sp³-hybridized carbons (Fsp3) is 0.0667. The van der Waals surface area contributed by atoms with Crippen LogP contribution in [0.2, 0.25) is 10.0 Å². The molecule has 1 N–H and O–H groups in total. The Morgan fingerprint density at radius 2 is 1.86 bits per heavy atom. The first-order valence-corrected chi connectivity index (χ1v) is 6.78. The number of ether oxygens (including phenoxy) is 1. The molecule has 0 radical (unpaired) electrons. The lowest BCUT2D eigenvalue weighted by molar-refractivity contribution is 0.0955. The second kappa shape index (κ2) is 7.11. The summed E-state index contributed by atoms with van der Waals surface area (Å²) < 4.78 is 5.02. The number of carbonyl (C=O) groups excluding carboxylic acids is 1. The second-order valence-electron chi connectivity index (χ2n) is 4.10. The molecule has 2 aromatic rings. The van der Waals surface area contributed by atoms with Gasteiger partial charge in [-0.3, -0.25) is 4.79 Å². The van der Waals surface area contributed by atoms with Crippen LogP contribution < -0.4 is 10.2 Å². The van der Waals surface area contributed by atoms with Crippen molar-refractivity contribution < 1.29 is 9.53 Å². The largest absolute Gasteiger partial charge is 0.497 e. The summed E-state index contributed by atoms with van der Waals surface area (Å²) >= 11 is 11.7. The molecular weight excluding hydrogens is 311 g/mol. The van der Waals surface area contributed by atoms with Gasteiger partial charge in [0.05, 0.1) is 23.4 Å². The first kappa shape index (κ1) is 15.4. The third-order valence-corrected chi connectivity index (χ3v) is 3.41. The maximum atomic E-state index is 11.8. The van der Waals surface area contributed by atoms with Gasteiger partial charge in [0.25, 0.3) is 5.91 Å². The van der Waals surface area contributed by atoms with Crippen molar-refractivity contribution in [2.75, 3.05) is 7.11 Å². The van der Waals surface area contributed by atoms with Crippen molar-refractivity contribution in [2.24, 2.45) is 5.10 Å². The number of hydrogen-bond acceptors (Lipinski definition) is 3. The highest BCUT2D eigenvalue weighted by atomic mass is 35.5. The van der Waals surface area contributed by atoms with E-state index in [0.717, 1.165) is 5.56 Å². The Bertz CT molecular complexity index is 670. The summed E-state index contributed by atoms with van der Waals surface area (Å²) in [5.41, 5.74) is 3.66. The van der Waals surface area contributed by atoms with Gasteiger partial charge in [-0.25, -0.2) is 5.43 Å². The highest BCUT2D eigenvalue weighted by Crippen LogP contribution is 2.21. The highest BCUT2D eigenvalue weighted by Gasteiger charge is 2.04. The molecule has 108 valence electrons. The van der Waals surface area contributed by atoms with Gasteiger partial charge in [0.1, 0.15) is 5.75 Å². The smallest absolute Gasteiger partial charge is 0.271 e. The van der Waals surface area contributed by atoms with E-state index >= 15 is 0 Å². The van der Waals surface area contributed by atoms with E-state index in [-0.39, 0.29) is 5.91 Å². The number of amides is 1. The summed E-state index contributed by atoms with van der Waals surface area (Å²) in [5, 5.41) is 4.77. The highest BCUT2D eigenvalue weighted by molar-refractivity contribution is 6.42. The predicted octanol–water partition coefficient (Wildman–Crippen LogP) is 3.77. The number of rotatable bonds is 4. The molecule has 0 saturated carbocycles. The van der Waals surface area contributed by atoms with Crippen LogP contribution in [-0.2, 0) is 0 Å². The van der Waals surface area contributed by atoms with Gasteiger partial charge in [-0.15, -0.1) is 0 Å². The average molecular weight is 323 g/mol. The van der Waals surface area contributed by atoms with Crippen LogP contribution in [0.5, 0.6) is 5.75 Å². The summed E-state index contributed by atoms with van der Waals surface area (Å²) in [6.07, 6.45) is 1.49. The Hall–Kier alpha value is -2.04. The summed E-state index contributed by atoms with van der Waals surface area (Å²) in [4.78, 5) is 11.8. The van der Waals surface area contributed by atoms with Crippen molar-refractivity contribution in [3.8, 4) is 5.75 Å². The van der Waals surface area contributed by atoms with Crippen LogP contribution in [0.25, 0.3) is 0 Å². The number of nitrogens with one attached hydrogen (secondary N) is 1. The fourth-order valence-corrected chi connectivity index (χ4v) is 1.87. The standard InChI is InChI=1S/C15H12Cl2N2O2/c1-21-12-5-3-11(4-6-12)15(20)19-18-9-10-2-7-13(16)14(17)8-10/h2-9H,1H3,(H,19,20). The van der Waals surface area contributed by atoms with Gasteiger partial charge < -0.3 is 4.74 Å². The molecule has 1 amide bonds. The molecule has 0 atom stereocenters. The van der Waals surface area contributed by atoms with E-state index in [9.17, 15) is 4.79 Å². The molecule has 6 heteroatoms. The average Bonchev–Trinajstić information content (AvgIpc) is 2.51. The van der Waals surface area contributed by atoms with E-state index in [1.807, 2.05) is 0 Å². The number of nitrogens with zero attached hydrogens (tertiary/aromatic N) is 1. The third kappa shape index (κ3) is 4.21. The molecule has 2 aromatic carbocycles. The molecule has 0 fully saturated rings. The van der Waals surface area contributed by atoms with Gasteiger partial charge in [0.15, 0.2) is 0 Å². The predicted molar refractivity (Wildman–Crippen MR) is 84.5 cm³/mol. The van der Waals surface area contributed by atoms with Gasteiger partial charge >= 0.3 is 0 Å². The minimum absolute atomic E-state index is 0.311. The van der Waals surface area contributed by atoms with E-state index in [2.05, 4.69) is 10.5 Å². The Morgan fingerprint density at radius 3 is 2.48 bits per heavy atom. The van der Waals surface area contributed by atoms with Gasteiger partial charge in [-0.1, -0.05) is 29.3 Å². The van der Waals surface area contributed by atoms with Crippen LogP contribution in [0.3, 0.4) is 0 Å². The molecule has 0 aliphatic heterocycles. The first-order valence-electron chi connectivity index (χ1n) is 6.02. The normalized spacial score (nSPS) is 10.6. The quantitative estimate of drug-likeness (QED) is 0.688. The molecule has 0 unspecified atom stereocenters. The molecule has 0 aromatic heterocycles. The van der Waals surface area contributed by atoms with Crippen LogP contribution in [0.4, 0.5) is 0 Å². The van der Waals surface area contributed by atoms with Gasteiger partial charge in [0.2, 0.25) is 0 Å². The number of hydrazone groups is 1. The molecule has 0 aliphatic carbocycles. The van der Waals surface area contributed by atoms with Crippen LogP contribution in [0.1, 0.15) is 15.9 Å². The summed E-state index contributed by atoms with van der Waals surface area (Å²) in [7, 11) is 1.57. The Morgan fingerprint density at radius 1 is 1.14 bits per heavy atom. The Kier molecular flexibility index (Phi) is 5.20. The Balaban J connectivity index is 1.99. The lowest BCUT2D eigenvalue weighted by atomic mass is 10.2. The van der Waals surface area contributed by atoms with Crippen molar-refractivity contribution in [3.63, 3.8) is 0 Å². The van der Waals surface area contributed by atoms with Gasteiger partial charge in [0, 0.05) is 5.56 Å². The zero-order valence-electron chi connectivity index (χ0n) is 11.1. The van der Waals surface area contributed by atoms with E-state index < -0.39 is 0 Å². The number of methoxy groups -OCH3 is 1. The van der Waals surface area contributed by atoms with Crippen LogP contribution in [0.15, 0.2) is 47.6 Å². The van der Waals surface area contributed by atoms with Gasteiger partial charge in [-0.05, 0) is 42.0 Å². The zero-order valence-corrected chi connectivity index (χ0v) is 12.7. The van der Waals surface area contributed by atoms with E-state index in [1.165, 1.54) is 6.21 Å². The molecule has 4 nitrogen and oxygen atoms in total. The number of benzene rings is 2. The molecule has 2 rings (SSSR count). The van der Waals surface area contributed by atoms with E-state index in [1.54, 1.807) is 49.6 Å². The molecular formula is C15H12Cl2N2O2. The van der Waals surface area contributed by atoms with Crippen molar-refractivity contribution in [1.82, 2.24) is 5.43 Å². The number of carbonyl (C=O) groups is 1. The summed E-state index contributed by atoms with van der Waals surface area (Å²) in [5.74, 6) is 0.375. The summed E-state index contributed by atoms with van der Waals surface area (Å²) in [6, 6.07) is 11.8. The number of hydrogen-bond donors (Lipinski definition) is 1. The van der Waals surface area contributed by atoms with Crippen molar-refractivity contribution in [2.45, 2.75) is 0 Å². The SMILES string of the molecule is COc1ccc(C(=O)NN=Cc2ccc(Cl)c(Cl)c2)cc1. The minimum atomic E-state index is -0.311. The van der Waals surface area contributed by atoms with Crippen LogP contribution in [0, 0.1) is 0 Å². The zero-order chi connectivity index (χ0) is 15.2.